The fraction of sp³-hybridized carbons (Fsp3) is 0.407. The van der Waals surface area contributed by atoms with E-state index in [1.807, 2.05) is 58.0 Å². The monoisotopic (exact) mass is 497 g/mol. The largest absolute Gasteiger partial charge is 0.350 e. The smallest absolute Gasteiger partial charge is 0.253 e. The Kier molecular flexibility index (Phi) is 7.57. The molecule has 35 heavy (non-hydrogen) atoms. The molecule has 1 N–H and O–H groups in total. The molecule has 0 spiro atoms. The number of nitrogens with one attached hydrogen (secondary N) is 1. The molecule has 2 aromatic rings. The van der Waals surface area contributed by atoms with Gasteiger partial charge in [0.05, 0.1) is 4.90 Å². The van der Waals surface area contributed by atoms with Crippen LogP contribution >= 0.6 is 0 Å². The van der Waals surface area contributed by atoms with Gasteiger partial charge in [0.15, 0.2) is 0 Å². The minimum Gasteiger partial charge on any atom is -0.350 e. The van der Waals surface area contributed by atoms with Crippen LogP contribution in [-0.4, -0.2) is 53.6 Å². The maximum Gasteiger partial charge on any atom is 0.253 e. The van der Waals surface area contributed by atoms with Gasteiger partial charge in [-0.05, 0) is 76.4 Å². The molecular weight excluding hydrogens is 462 g/mol. The second kappa shape index (κ2) is 9.95. The topological polar surface area (TPSA) is 86.8 Å². The van der Waals surface area contributed by atoms with Crippen LogP contribution in [-0.2, 0) is 21.4 Å². The molecule has 188 valence electrons. The highest BCUT2D eigenvalue weighted by molar-refractivity contribution is 7.89. The summed E-state index contributed by atoms with van der Waals surface area (Å²) in [6.45, 7) is 11.4. The Labute approximate surface area is 208 Å². The van der Waals surface area contributed by atoms with Gasteiger partial charge >= 0.3 is 0 Å². The SMILES string of the molecule is C=CC(=O)NC1CC(C)(C)N(S(=O)(=O)c2ccc(C(=O)N(C)Cc3ccccc3)cc2)C(C)(C)C1. The van der Waals surface area contributed by atoms with Crippen LogP contribution in [0.1, 0.15) is 56.5 Å². The number of nitrogens with zero attached hydrogens (tertiary/aromatic N) is 2. The summed E-state index contributed by atoms with van der Waals surface area (Å²) < 4.78 is 29.1. The lowest BCUT2D eigenvalue weighted by atomic mass is 9.79. The molecule has 0 atom stereocenters. The van der Waals surface area contributed by atoms with Crippen molar-refractivity contribution in [3.05, 3.63) is 78.4 Å². The van der Waals surface area contributed by atoms with Crippen LogP contribution in [0.25, 0.3) is 0 Å². The Balaban J connectivity index is 1.82. The van der Waals surface area contributed by atoms with E-state index in [-0.39, 0.29) is 22.8 Å². The van der Waals surface area contributed by atoms with Crippen molar-refractivity contribution in [3.63, 3.8) is 0 Å². The van der Waals surface area contributed by atoms with Gasteiger partial charge in [0.2, 0.25) is 15.9 Å². The van der Waals surface area contributed by atoms with Crippen molar-refractivity contribution in [2.75, 3.05) is 7.05 Å². The van der Waals surface area contributed by atoms with Crippen molar-refractivity contribution >= 4 is 21.8 Å². The number of benzene rings is 2. The Morgan fingerprint density at radius 3 is 2.09 bits per heavy atom. The molecule has 0 bridgehead atoms. The number of amides is 2. The molecule has 0 saturated carbocycles. The summed E-state index contributed by atoms with van der Waals surface area (Å²) in [6, 6.07) is 15.6. The molecule has 1 fully saturated rings. The van der Waals surface area contributed by atoms with Crippen LogP contribution in [0.4, 0.5) is 0 Å². The molecule has 1 heterocycles. The zero-order valence-electron chi connectivity index (χ0n) is 21.1. The van der Waals surface area contributed by atoms with E-state index in [2.05, 4.69) is 11.9 Å². The van der Waals surface area contributed by atoms with E-state index in [0.29, 0.717) is 24.9 Å². The molecule has 1 aliphatic rings. The molecule has 0 unspecified atom stereocenters. The van der Waals surface area contributed by atoms with Gasteiger partial charge in [-0.2, -0.15) is 4.31 Å². The molecular formula is C27H35N3O4S. The molecule has 2 aromatic carbocycles. The normalized spacial score (nSPS) is 18.0. The van der Waals surface area contributed by atoms with E-state index in [1.165, 1.54) is 18.2 Å². The highest BCUT2D eigenvalue weighted by Gasteiger charge is 2.51. The van der Waals surface area contributed by atoms with E-state index >= 15 is 0 Å². The maximum atomic E-state index is 13.8. The predicted molar refractivity (Wildman–Crippen MR) is 137 cm³/mol. The predicted octanol–water partition coefficient (Wildman–Crippen LogP) is 3.97. The first-order valence-corrected chi connectivity index (χ1v) is 13.1. The molecule has 8 heteroatoms. The lowest BCUT2D eigenvalue weighted by molar-refractivity contribution is -0.118. The van der Waals surface area contributed by atoms with E-state index in [1.54, 1.807) is 28.4 Å². The van der Waals surface area contributed by atoms with Gasteiger partial charge in [0, 0.05) is 36.3 Å². The standard InChI is InChI=1S/C27H35N3O4S/c1-7-24(31)28-22-17-26(2,3)30(27(4,5)18-22)35(33,34)23-15-13-21(14-16-23)25(32)29(6)19-20-11-9-8-10-12-20/h7-16,22H,1,17-19H2,2-6H3,(H,28,31). The van der Waals surface area contributed by atoms with E-state index in [0.717, 1.165) is 5.56 Å². The van der Waals surface area contributed by atoms with Crippen molar-refractivity contribution < 1.29 is 18.0 Å². The minimum atomic E-state index is -3.87. The molecule has 2 amide bonds. The zero-order valence-corrected chi connectivity index (χ0v) is 21.9. The quantitative estimate of drug-likeness (QED) is 0.587. The van der Waals surface area contributed by atoms with Crippen molar-refractivity contribution in [1.29, 1.82) is 0 Å². The van der Waals surface area contributed by atoms with E-state index in [9.17, 15) is 18.0 Å². The summed E-state index contributed by atoms with van der Waals surface area (Å²) in [5.41, 5.74) is -0.0554. The number of sulfonamides is 1. The minimum absolute atomic E-state index is 0.134. The lowest BCUT2D eigenvalue weighted by Crippen LogP contribution is -2.65. The summed E-state index contributed by atoms with van der Waals surface area (Å²) in [6.07, 6.45) is 2.16. The summed E-state index contributed by atoms with van der Waals surface area (Å²) in [7, 11) is -2.15. The van der Waals surface area contributed by atoms with Crippen LogP contribution in [0.5, 0.6) is 0 Å². The Morgan fingerprint density at radius 1 is 1.03 bits per heavy atom. The van der Waals surface area contributed by atoms with Crippen molar-refractivity contribution in [3.8, 4) is 0 Å². The second-order valence-corrected chi connectivity index (χ2v) is 12.2. The zero-order chi connectivity index (χ0) is 26.0. The summed E-state index contributed by atoms with van der Waals surface area (Å²) in [4.78, 5) is 26.5. The Bertz CT molecular complexity index is 1170. The van der Waals surface area contributed by atoms with Crippen molar-refractivity contribution in [2.45, 2.75) is 69.1 Å². The average molecular weight is 498 g/mol. The number of hydrogen-bond acceptors (Lipinski definition) is 4. The molecule has 1 aliphatic heterocycles. The number of carbonyl (C=O) groups excluding carboxylic acids is 2. The maximum absolute atomic E-state index is 13.8. The molecule has 1 saturated heterocycles. The first kappa shape index (κ1) is 26.6. The Morgan fingerprint density at radius 2 is 1.57 bits per heavy atom. The molecule has 7 nitrogen and oxygen atoms in total. The van der Waals surface area contributed by atoms with Gasteiger partial charge in [-0.3, -0.25) is 9.59 Å². The highest BCUT2D eigenvalue weighted by Crippen LogP contribution is 2.42. The van der Waals surface area contributed by atoms with Crippen LogP contribution in [0, 0.1) is 0 Å². The fourth-order valence-corrected chi connectivity index (χ4v) is 7.44. The number of piperidine rings is 1. The van der Waals surface area contributed by atoms with Crippen LogP contribution in [0.15, 0.2) is 72.1 Å². The van der Waals surface area contributed by atoms with E-state index < -0.39 is 21.1 Å². The first-order chi connectivity index (χ1) is 16.3. The first-order valence-electron chi connectivity index (χ1n) is 11.7. The highest BCUT2D eigenvalue weighted by atomic mass is 32.2. The third-order valence-corrected chi connectivity index (χ3v) is 8.71. The third kappa shape index (κ3) is 5.82. The number of rotatable bonds is 7. The summed E-state index contributed by atoms with van der Waals surface area (Å²) >= 11 is 0. The second-order valence-electron chi connectivity index (χ2n) is 10.4. The average Bonchev–Trinajstić information content (AvgIpc) is 2.77. The van der Waals surface area contributed by atoms with Gasteiger partial charge in [0.1, 0.15) is 0 Å². The van der Waals surface area contributed by atoms with E-state index in [4.69, 9.17) is 0 Å². The van der Waals surface area contributed by atoms with Gasteiger partial charge in [-0.1, -0.05) is 36.9 Å². The van der Waals surface area contributed by atoms with Crippen LogP contribution in [0.2, 0.25) is 0 Å². The molecule has 3 rings (SSSR count). The lowest BCUT2D eigenvalue weighted by Gasteiger charge is -2.53. The van der Waals surface area contributed by atoms with Gasteiger partial charge in [-0.25, -0.2) is 8.42 Å². The summed E-state index contributed by atoms with van der Waals surface area (Å²) in [5, 5.41) is 2.92. The molecule has 0 aliphatic carbocycles. The third-order valence-electron chi connectivity index (χ3n) is 6.37. The van der Waals surface area contributed by atoms with Gasteiger partial charge in [0.25, 0.3) is 5.91 Å². The summed E-state index contributed by atoms with van der Waals surface area (Å²) in [5.74, 6) is -0.451. The number of hydrogen-bond donors (Lipinski definition) is 1. The number of carbonyl (C=O) groups is 2. The Hall–Kier alpha value is -2.97. The molecule has 0 aromatic heterocycles. The van der Waals surface area contributed by atoms with Crippen LogP contribution < -0.4 is 5.32 Å². The van der Waals surface area contributed by atoms with Crippen molar-refractivity contribution in [1.82, 2.24) is 14.5 Å². The fourth-order valence-electron chi connectivity index (χ4n) is 5.30. The van der Waals surface area contributed by atoms with Crippen molar-refractivity contribution in [2.24, 2.45) is 0 Å². The van der Waals surface area contributed by atoms with Gasteiger partial charge in [-0.15, -0.1) is 0 Å². The van der Waals surface area contributed by atoms with Gasteiger partial charge < -0.3 is 10.2 Å². The molecule has 0 radical (unpaired) electrons. The van der Waals surface area contributed by atoms with Crippen LogP contribution in [0.3, 0.4) is 0 Å².